The summed E-state index contributed by atoms with van der Waals surface area (Å²) in [5.74, 6) is -2.62. The van der Waals surface area contributed by atoms with E-state index in [9.17, 15) is 17.6 Å². The normalized spacial score (nSPS) is 13.2. The summed E-state index contributed by atoms with van der Waals surface area (Å²) in [4.78, 5) is 10.6. The Morgan fingerprint density at radius 1 is 1.53 bits per heavy atom. The van der Waals surface area contributed by atoms with Crippen LogP contribution in [-0.2, 0) is 14.8 Å². The average molecular weight is 310 g/mol. The van der Waals surface area contributed by atoms with Gasteiger partial charge in [0.1, 0.15) is 5.82 Å². The smallest absolute Gasteiger partial charge is 0.307 e. The van der Waals surface area contributed by atoms with Crippen LogP contribution in [0.2, 0.25) is 5.02 Å². The number of hydrogen-bond donors (Lipinski definition) is 2. The maximum Gasteiger partial charge on any atom is 0.307 e. The highest BCUT2D eigenvalue weighted by molar-refractivity contribution is 7.89. The lowest BCUT2D eigenvalue weighted by molar-refractivity contribution is -0.141. The predicted molar refractivity (Wildman–Crippen MR) is 68.0 cm³/mol. The number of rotatable bonds is 6. The topological polar surface area (TPSA) is 83.5 Å². The third kappa shape index (κ3) is 4.15. The van der Waals surface area contributed by atoms with E-state index in [0.717, 1.165) is 18.2 Å². The van der Waals surface area contributed by atoms with Crippen LogP contribution in [0.3, 0.4) is 0 Å². The van der Waals surface area contributed by atoms with E-state index in [1.165, 1.54) is 0 Å². The molecule has 0 fully saturated rings. The van der Waals surface area contributed by atoms with Gasteiger partial charge in [-0.05, 0) is 24.6 Å². The number of carbonyl (C=O) groups is 1. The molecular formula is C11H13ClFNO4S. The monoisotopic (exact) mass is 309 g/mol. The van der Waals surface area contributed by atoms with Gasteiger partial charge >= 0.3 is 5.97 Å². The van der Waals surface area contributed by atoms with Crippen molar-refractivity contribution in [2.24, 2.45) is 5.92 Å². The van der Waals surface area contributed by atoms with Crippen molar-refractivity contribution in [3.05, 3.63) is 29.0 Å². The minimum absolute atomic E-state index is 0.209. The van der Waals surface area contributed by atoms with Gasteiger partial charge in [-0.15, -0.1) is 0 Å². The number of aliphatic carboxylic acids is 1. The lowest BCUT2D eigenvalue weighted by atomic mass is 10.1. The van der Waals surface area contributed by atoms with Crippen LogP contribution in [0, 0.1) is 11.7 Å². The Morgan fingerprint density at radius 3 is 2.63 bits per heavy atom. The molecule has 19 heavy (non-hydrogen) atoms. The number of benzene rings is 1. The number of nitrogens with one attached hydrogen (secondary N) is 1. The van der Waals surface area contributed by atoms with Crippen molar-refractivity contribution in [3.63, 3.8) is 0 Å². The highest BCUT2D eigenvalue weighted by Crippen LogP contribution is 2.19. The fourth-order valence-corrected chi connectivity index (χ4v) is 2.70. The zero-order chi connectivity index (χ0) is 14.6. The van der Waals surface area contributed by atoms with E-state index in [-0.39, 0.29) is 16.5 Å². The molecule has 0 saturated carbocycles. The van der Waals surface area contributed by atoms with E-state index in [4.69, 9.17) is 16.7 Å². The highest BCUT2D eigenvalue weighted by Gasteiger charge is 2.20. The zero-order valence-corrected chi connectivity index (χ0v) is 11.6. The van der Waals surface area contributed by atoms with Crippen LogP contribution >= 0.6 is 11.6 Å². The molecule has 0 radical (unpaired) electrons. The first kappa shape index (κ1) is 15.9. The second kappa shape index (κ2) is 6.31. The second-order valence-electron chi connectivity index (χ2n) is 3.87. The largest absolute Gasteiger partial charge is 0.481 e. The first-order valence-corrected chi connectivity index (χ1v) is 7.31. The molecule has 1 rings (SSSR count). The molecular weight excluding hydrogens is 297 g/mol. The SMILES string of the molecule is CCC(CNS(=O)(=O)c1ccc(F)c(Cl)c1)C(=O)O. The third-order valence-corrected chi connectivity index (χ3v) is 4.27. The van der Waals surface area contributed by atoms with Crippen LogP contribution in [0.15, 0.2) is 23.1 Å². The quantitative estimate of drug-likeness (QED) is 0.840. The average Bonchev–Trinajstić information content (AvgIpc) is 2.32. The van der Waals surface area contributed by atoms with Gasteiger partial charge in [-0.1, -0.05) is 18.5 Å². The molecule has 1 aromatic rings. The van der Waals surface area contributed by atoms with Crippen molar-refractivity contribution < 1.29 is 22.7 Å². The van der Waals surface area contributed by atoms with Crippen molar-refractivity contribution in [2.75, 3.05) is 6.54 Å². The van der Waals surface area contributed by atoms with Gasteiger partial charge < -0.3 is 5.11 Å². The Morgan fingerprint density at radius 2 is 2.16 bits per heavy atom. The molecule has 0 aliphatic heterocycles. The number of carboxylic acid groups (broad SMARTS) is 1. The molecule has 106 valence electrons. The van der Waals surface area contributed by atoms with E-state index >= 15 is 0 Å². The molecule has 0 heterocycles. The Labute approximate surface area is 115 Å². The molecule has 1 aromatic carbocycles. The minimum atomic E-state index is -3.90. The summed E-state index contributed by atoms with van der Waals surface area (Å²) in [5, 5.41) is 8.50. The number of hydrogen-bond acceptors (Lipinski definition) is 3. The Balaban J connectivity index is 2.86. The molecule has 0 aliphatic rings. The third-order valence-electron chi connectivity index (χ3n) is 2.56. The van der Waals surface area contributed by atoms with Crippen LogP contribution in [-0.4, -0.2) is 26.0 Å². The number of halogens is 2. The number of sulfonamides is 1. The van der Waals surface area contributed by atoms with Gasteiger partial charge in [0.05, 0.1) is 15.8 Å². The van der Waals surface area contributed by atoms with E-state index in [1.807, 2.05) is 0 Å². The summed E-state index contributed by atoms with van der Waals surface area (Å²) in [6.45, 7) is 1.41. The van der Waals surface area contributed by atoms with E-state index < -0.39 is 27.7 Å². The first-order chi connectivity index (χ1) is 8.77. The molecule has 2 N–H and O–H groups in total. The molecule has 0 spiro atoms. The molecule has 1 unspecified atom stereocenters. The molecule has 0 bridgehead atoms. The molecule has 5 nitrogen and oxygen atoms in total. The summed E-state index contributed by atoms with van der Waals surface area (Å²) in [6.07, 6.45) is 0.294. The molecule has 0 amide bonds. The Kier molecular flexibility index (Phi) is 5.28. The van der Waals surface area contributed by atoms with Gasteiger partial charge in [0.25, 0.3) is 0 Å². The summed E-state index contributed by atoms with van der Waals surface area (Å²) in [7, 11) is -3.90. The molecule has 1 atom stereocenters. The second-order valence-corrected chi connectivity index (χ2v) is 6.05. The van der Waals surface area contributed by atoms with E-state index in [2.05, 4.69) is 4.72 Å². The minimum Gasteiger partial charge on any atom is -0.481 e. The molecule has 0 aliphatic carbocycles. The van der Waals surface area contributed by atoms with Gasteiger partial charge in [0, 0.05) is 6.54 Å². The first-order valence-electron chi connectivity index (χ1n) is 5.45. The highest BCUT2D eigenvalue weighted by atomic mass is 35.5. The molecule has 0 saturated heterocycles. The maximum atomic E-state index is 12.9. The van der Waals surface area contributed by atoms with Crippen LogP contribution < -0.4 is 4.72 Å². The molecule has 8 heteroatoms. The van der Waals surface area contributed by atoms with Gasteiger partial charge in [0.2, 0.25) is 10.0 Å². The van der Waals surface area contributed by atoms with Crippen LogP contribution in [0.4, 0.5) is 4.39 Å². The van der Waals surface area contributed by atoms with Gasteiger partial charge in [-0.3, -0.25) is 4.79 Å². The number of carboxylic acids is 1. The van der Waals surface area contributed by atoms with E-state index in [1.54, 1.807) is 6.92 Å². The Hall–Kier alpha value is -1.18. The standard InChI is InChI=1S/C11H13ClFNO4S/c1-2-7(11(15)16)6-14-19(17,18)8-3-4-10(13)9(12)5-8/h3-5,7,14H,2,6H2,1H3,(H,15,16). The lowest BCUT2D eigenvalue weighted by Gasteiger charge is -2.11. The predicted octanol–water partition coefficient (Wildman–Crippen LogP) is 1.87. The summed E-state index contributed by atoms with van der Waals surface area (Å²) in [5.41, 5.74) is 0. The fraction of sp³-hybridized carbons (Fsp3) is 0.364. The fourth-order valence-electron chi connectivity index (χ4n) is 1.34. The maximum absolute atomic E-state index is 12.9. The van der Waals surface area contributed by atoms with Crippen molar-refractivity contribution >= 4 is 27.6 Å². The van der Waals surface area contributed by atoms with Crippen LogP contribution in [0.1, 0.15) is 13.3 Å². The Bertz CT molecular complexity index is 576. The van der Waals surface area contributed by atoms with Crippen molar-refractivity contribution in [3.8, 4) is 0 Å². The summed E-state index contributed by atoms with van der Waals surface area (Å²) >= 11 is 5.50. The van der Waals surface area contributed by atoms with Gasteiger partial charge in [0.15, 0.2) is 0 Å². The van der Waals surface area contributed by atoms with Crippen LogP contribution in [0.25, 0.3) is 0 Å². The van der Waals surface area contributed by atoms with Crippen molar-refractivity contribution in [1.82, 2.24) is 4.72 Å². The van der Waals surface area contributed by atoms with Crippen LogP contribution in [0.5, 0.6) is 0 Å². The lowest BCUT2D eigenvalue weighted by Crippen LogP contribution is -2.32. The summed E-state index contributed by atoms with van der Waals surface area (Å²) in [6, 6.07) is 2.97. The molecule has 0 aromatic heterocycles. The van der Waals surface area contributed by atoms with Gasteiger partial charge in [-0.2, -0.15) is 0 Å². The van der Waals surface area contributed by atoms with Gasteiger partial charge in [-0.25, -0.2) is 17.5 Å². The van der Waals surface area contributed by atoms with Crippen molar-refractivity contribution in [1.29, 1.82) is 0 Å². The van der Waals surface area contributed by atoms with E-state index in [0.29, 0.717) is 6.42 Å². The summed E-state index contributed by atoms with van der Waals surface area (Å²) < 4.78 is 38.8. The zero-order valence-electron chi connectivity index (χ0n) is 10.1. The van der Waals surface area contributed by atoms with Crippen molar-refractivity contribution in [2.45, 2.75) is 18.2 Å².